The zero-order chi connectivity index (χ0) is 21.9. The van der Waals surface area contributed by atoms with Crippen LogP contribution in [0, 0.1) is 5.92 Å². The number of piperidine rings is 1. The maximum atomic E-state index is 13.2. The number of carbonyl (C=O) groups is 3. The average Bonchev–Trinajstić information content (AvgIpc) is 3.12. The van der Waals surface area contributed by atoms with Gasteiger partial charge in [-0.25, -0.2) is 9.59 Å². The largest absolute Gasteiger partial charge is 0.458 e. The molecule has 2 N–H and O–H groups in total. The number of rotatable bonds is 5. The van der Waals surface area contributed by atoms with Crippen molar-refractivity contribution in [3.8, 4) is 0 Å². The van der Waals surface area contributed by atoms with E-state index in [0.717, 1.165) is 5.56 Å². The van der Waals surface area contributed by atoms with E-state index in [9.17, 15) is 19.5 Å². The Balaban J connectivity index is 1.67. The third-order valence-electron chi connectivity index (χ3n) is 5.47. The molecule has 0 spiro atoms. The molecule has 8 nitrogen and oxygen atoms in total. The van der Waals surface area contributed by atoms with Crippen LogP contribution in [0.2, 0.25) is 0 Å². The van der Waals surface area contributed by atoms with Gasteiger partial charge in [-0.2, -0.15) is 0 Å². The Hall–Kier alpha value is -2.61. The first-order valence-electron chi connectivity index (χ1n) is 10.3. The maximum Gasteiger partial charge on any atom is 0.408 e. The third kappa shape index (κ3) is 5.11. The quantitative estimate of drug-likeness (QED) is 0.709. The van der Waals surface area contributed by atoms with Crippen molar-refractivity contribution in [2.45, 2.75) is 70.4 Å². The van der Waals surface area contributed by atoms with Crippen LogP contribution in [0.25, 0.3) is 0 Å². The third-order valence-corrected chi connectivity index (χ3v) is 5.47. The minimum atomic E-state index is -0.947. The molecule has 2 aliphatic rings. The minimum absolute atomic E-state index is 0.0737. The minimum Gasteiger partial charge on any atom is -0.458 e. The normalized spacial score (nSPS) is 26.1. The number of amides is 2. The van der Waals surface area contributed by atoms with Crippen molar-refractivity contribution < 1.29 is 29.0 Å². The number of hydrogen-bond donors (Lipinski definition) is 2. The predicted molar refractivity (Wildman–Crippen MR) is 108 cm³/mol. The Morgan fingerprint density at radius 2 is 1.90 bits per heavy atom. The topological polar surface area (TPSA) is 105 Å². The second-order valence-corrected chi connectivity index (χ2v) is 8.89. The zero-order valence-corrected chi connectivity index (χ0v) is 17.7. The molecule has 2 heterocycles. The van der Waals surface area contributed by atoms with Crippen LogP contribution in [0.15, 0.2) is 30.3 Å². The molecule has 164 valence electrons. The lowest BCUT2D eigenvalue weighted by molar-refractivity contribution is -0.166. The maximum absolute atomic E-state index is 13.2. The number of aliphatic hydroxyl groups excluding tert-OH is 1. The molecule has 3 rings (SSSR count). The SMILES string of the molecule is CC(C)(C)OC(=O)[C@@H]1CCC2CC(CO)C(NC(=O)OCc3ccccc3)C(=O)N21. The molecule has 1 aromatic carbocycles. The van der Waals surface area contributed by atoms with Gasteiger partial charge < -0.3 is 24.8 Å². The van der Waals surface area contributed by atoms with Gasteiger partial charge in [-0.1, -0.05) is 30.3 Å². The molecule has 2 fully saturated rings. The van der Waals surface area contributed by atoms with Gasteiger partial charge in [-0.05, 0) is 45.6 Å². The van der Waals surface area contributed by atoms with Crippen molar-refractivity contribution in [1.29, 1.82) is 0 Å². The molecule has 3 unspecified atom stereocenters. The van der Waals surface area contributed by atoms with Crippen LogP contribution in [-0.4, -0.2) is 58.3 Å². The molecular formula is C22H30N2O6. The van der Waals surface area contributed by atoms with Gasteiger partial charge in [0.15, 0.2) is 0 Å². The summed E-state index contributed by atoms with van der Waals surface area (Å²) in [5, 5.41) is 12.4. The second-order valence-electron chi connectivity index (χ2n) is 8.89. The van der Waals surface area contributed by atoms with E-state index < -0.39 is 35.7 Å². The highest BCUT2D eigenvalue weighted by atomic mass is 16.6. The van der Waals surface area contributed by atoms with Crippen LogP contribution in [-0.2, 0) is 25.7 Å². The summed E-state index contributed by atoms with van der Waals surface area (Å²) in [6, 6.07) is 7.44. The van der Waals surface area contributed by atoms with Crippen LogP contribution in [0.3, 0.4) is 0 Å². The first kappa shape index (κ1) is 22.1. The highest BCUT2D eigenvalue weighted by Gasteiger charge is 2.50. The van der Waals surface area contributed by atoms with Crippen molar-refractivity contribution in [2.75, 3.05) is 6.61 Å². The Labute approximate surface area is 176 Å². The van der Waals surface area contributed by atoms with Crippen LogP contribution in [0.1, 0.15) is 45.6 Å². The van der Waals surface area contributed by atoms with E-state index in [1.165, 1.54) is 4.90 Å². The summed E-state index contributed by atoms with van der Waals surface area (Å²) in [6.45, 7) is 5.18. The molecule has 0 bridgehead atoms. The summed E-state index contributed by atoms with van der Waals surface area (Å²) in [4.78, 5) is 39.7. The number of hydrogen-bond acceptors (Lipinski definition) is 6. The summed E-state index contributed by atoms with van der Waals surface area (Å²) in [5.41, 5.74) is 0.173. The average molecular weight is 418 g/mol. The molecule has 1 aromatic rings. The van der Waals surface area contributed by atoms with Crippen molar-refractivity contribution in [2.24, 2.45) is 5.92 Å². The van der Waals surface area contributed by atoms with Crippen molar-refractivity contribution >= 4 is 18.0 Å². The monoisotopic (exact) mass is 418 g/mol. The molecule has 0 aliphatic carbocycles. The van der Waals surface area contributed by atoms with Gasteiger partial charge in [0.2, 0.25) is 5.91 Å². The van der Waals surface area contributed by atoms with Gasteiger partial charge in [0.25, 0.3) is 0 Å². The molecule has 0 aromatic heterocycles. The number of nitrogens with one attached hydrogen (secondary N) is 1. The standard InChI is InChI=1S/C22H30N2O6/c1-22(2,3)30-20(27)17-10-9-16-11-15(12-25)18(19(26)24(16)17)23-21(28)29-13-14-7-5-4-6-8-14/h4-8,15-18,25H,9-13H2,1-3H3,(H,23,28)/t15?,16?,17-,18?/m0/s1. The second kappa shape index (κ2) is 9.04. The molecule has 8 heteroatoms. The smallest absolute Gasteiger partial charge is 0.408 e. The van der Waals surface area contributed by atoms with E-state index in [1.54, 1.807) is 20.8 Å². The summed E-state index contributed by atoms with van der Waals surface area (Å²) >= 11 is 0. The lowest BCUT2D eigenvalue weighted by Crippen LogP contribution is -2.62. The molecule has 4 atom stereocenters. The lowest BCUT2D eigenvalue weighted by Gasteiger charge is -2.41. The predicted octanol–water partition coefficient (Wildman–Crippen LogP) is 1.99. The lowest BCUT2D eigenvalue weighted by atomic mass is 9.87. The molecule has 30 heavy (non-hydrogen) atoms. The number of nitrogens with zero attached hydrogens (tertiary/aromatic N) is 1. The van der Waals surface area contributed by atoms with Gasteiger partial charge in [-0.15, -0.1) is 0 Å². The molecule has 2 aliphatic heterocycles. The fourth-order valence-corrected chi connectivity index (χ4v) is 4.15. The molecule has 2 amide bonds. The molecule has 2 saturated heterocycles. The zero-order valence-electron chi connectivity index (χ0n) is 17.7. The van der Waals surface area contributed by atoms with Crippen molar-refractivity contribution in [3.63, 3.8) is 0 Å². The van der Waals surface area contributed by atoms with Crippen LogP contribution in [0.4, 0.5) is 4.79 Å². The number of ether oxygens (including phenoxy) is 2. The van der Waals surface area contributed by atoms with Gasteiger partial charge >= 0.3 is 12.1 Å². The number of fused-ring (bicyclic) bond motifs is 1. The highest BCUT2D eigenvalue weighted by molar-refractivity contribution is 5.91. The molecule has 0 radical (unpaired) electrons. The van der Waals surface area contributed by atoms with Gasteiger partial charge in [0.05, 0.1) is 0 Å². The number of alkyl carbamates (subject to hydrolysis) is 1. The van der Waals surface area contributed by atoms with E-state index in [2.05, 4.69) is 5.32 Å². The van der Waals surface area contributed by atoms with Crippen LogP contribution in [0.5, 0.6) is 0 Å². The first-order chi connectivity index (χ1) is 14.2. The first-order valence-corrected chi connectivity index (χ1v) is 10.3. The van der Waals surface area contributed by atoms with E-state index in [4.69, 9.17) is 9.47 Å². The number of aliphatic hydroxyl groups is 1. The Morgan fingerprint density at radius 3 is 2.53 bits per heavy atom. The number of benzene rings is 1. The van der Waals surface area contributed by atoms with Gasteiger partial charge in [-0.3, -0.25) is 4.79 Å². The Morgan fingerprint density at radius 1 is 1.20 bits per heavy atom. The highest BCUT2D eigenvalue weighted by Crippen LogP contribution is 2.36. The fraction of sp³-hybridized carbons (Fsp3) is 0.591. The Bertz CT molecular complexity index is 776. The number of esters is 1. The van der Waals surface area contributed by atoms with E-state index in [-0.39, 0.29) is 25.2 Å². The molecule has 0 saturated carbocycles. The van der Waals surface area contributed by atoms with Gasteiger partial charge in [0.1, 0.15) is 24.3 Å². The van der Waals surface area contributed by atoms with Crippen LogP contribution >= 0.6 is 0 Å². The summed E-state index contributed by atoms with van der Waals surface area (Å²) in [6.07, 6.45) is 0.944. The fourth-order valence-electron chi connectivity index (χ4n) is 4.15. The van der Waals surface area contributed by atoms with Crippen molar-refractivity contribution in [3.05, 3.63) is 35.9 Å². The van der Waals surface area contributed by atoms with Crippen molar-refractivity contribution in [1.82, 2.24) is 10.2 Å². The van der Waals surface area contributed by atoms with E-state index >= 15 is 0 Å². The van der Waals surface area contributed by atoms with Crippen LogP contribution < -0.4 is 5.32 Å². The summed E-state index contributed by atoms with van der Waals surface area (Å²) in [5.74, 6) is -1.25. The summed E-state index contributed by atoms with van der Waals surface area (Å²) < 4.78 is 10.7. The Kier molecular flexibility index (Phi) is 6.65. The number of carbonyl (C=O) groups excluding carboxylic acids is 3. The van der Waals surface area contributed by atoms with E-state index in [1.807, 2.05) is 30.3 Å². The van der Waals surface area contributed by atoms with E-state index in [0.29, 0.717) is 19.3 Å². The van der Waals surface area contributed by atoms with Gasteiger partial charge in [0, 0.05) is 18.6 Å². The molecular weight excluding hydrogens is 388 g/mol. The summed E-state index contributed by atoms with van der Waals surface area (Å²) in [7, 11) is 0.